The standard InChI is InChI=1S/C14H20ClN3O2/c1-16-12-8-7-9(15)13(18-12)14(20)17-10-5-3-2-4-6-11(10)19/h7-8,10-11,19H,2-6H2,1H3,(H,16,18)(H,17,20). The number of nitrogens with zero attached hydrogens (tertiary/aromatic N) is 1. The van der Waals surface area contributed by atoms with Crippen LogP contribution in [0.25, 0.3) is 0 Å². The summed E-state index contributed by atoms with van der Waals surface area (Å²) in [6, 6.07) is 3.12. The average molecular weight is 298 g/mol. The third kappa shape index (κ3) is 3.61. The number of nitrogens with one attached hydrogen (secondary N) is 2. The first kappa shape index (κ1) is 15.1. The quantitative estimate of drug-likeness (QED) is 0.748. The number of aromatic nitrogens is 1. The van der Waals surface area contributed by atoms with Crippen molar-refractivity contribution in [2.75, 3.05) is 12.4 Å². The molecule has 2 atom stereocenters. The number of aliphatic hydroxyl groups is 1. The van der Waals surface area contributed by atoms with Crippen LogP contribution in [0.3, 0.4) is 0 Å². The molecule has 3 N–H and O–H groups in total. The Hall–Kier alpha value is -1.33. The number of aliphatic hydroxyl groups excluding tert-OH is 1. The van der Waals surface area contributed by atoms with E-state index in [9.17, 15) is 9.90 Å². The van der Waals surface area contributed by atoms with Crippen molar-refractivity contribution >= 4 is 23.3 Å². The molecule has 2 rings (SSSR count). The summed E-state index contributed by atoms with van der Waals surface area (Å²) in [6.07, 6.45) is 4.13. The highest BCUT2D eigenvalue weighted by Crippen LogP contribution is 2.20. The van der Waals surface area contributed by atoms with E-state index >= 15 is 0 Å². The van der Waals surface area contributed by atoms with Crippen LogP contribution in [0.1, 0.15) is 42.6 Å². The van der Waals surface area contributed by atoms with Crippen molar-refractivity contribution in [3.8, 4) is 0 Å². The third-order valence-corrected chi connectivity index (χ3v) is 3.92. The predicted molar refractivity (Wildman–Crippen MR) is 79.1 cm³/mol. The maximum absolute atomic E-state index is 12.3. The third-order valence-electron chi connectivity index (χ3n) is 3.61. The number of amides is 1. The van der Waals surface area contributed by atoms with Crippen molar-refractivity contribution in [1.82, 2.24) is 10.3 Å². The lowest BCUT2D eigenvalue weighted by Crippen LogP contribution is -2.43. The number of hydrogen-bond acceptors (Lipinski definition) is 4. The molecule has 1 saturated carbocycles. The van der Waals surface area contributed by atoms with Crippen molar-refractivity contribution in [2.24, 2.45) is 0 Å². The van der Waals surface area contributed by atoms with E-state index in [-0.39, 0.29) is 17.6 Å². The smallest absolute Gasteiger partial charge is 0.271 e. The van der Waals surface area contributed by atoms with Gasteiger partial charge in [-0.15, -0.1) is 0 Å². The van der Waals surface area contributed by atoms with Crippen molar-refractivity contribution in [3.05, 3.63) is 22.8 Å². The molecule has 1 fully saturated rings. The molecular formula is C14H20ClN3O2. The van der Waals surface area contributed by atoms with Crippen molar-refractivity contribution in [1.29, 1.82) is 0 Å². The Bertz CT molecular complexity index is 481. The Balaban J connectivity index is 2.10. The molecule has 1 aliphatic rings. The van der Waals surface area contributed by atoms with E-state index in [1.165, 1.54) is 0 Å². The second kappa shape index (κ2) is 6.90. The van der Waals surface area contributed by atoms with Gasteiger partial charge >= 0.3 is 0 Å². The van der Waals surface area contributed by atoms with E-state index in [0.717, 1.165) is 32.1 Å². The molecule has 1 heterocycles. The Morgan fingerprint density at radius 3 is 2.85 bits per heavy atom. The second-order valence-corrected chi connectivity index (χ2v) is 5.47. The van der Waals surface area contributed by atoms with E-state index in [0.29, 0.717) is 10.8 Å². The molecule has 6 heteroatoms. The van der Waals surface area contributed by atoms with Crippen LogP contribution in [0.4, 0.5) is 5.82 Å². The molecule has 0 radical (unpaired) electrons. The van der Waals surface area contributed by atoms with E-state index in [1.807, 2.05) is 0 Å². The van der Waals surface area contributed by atoms with Gasteiger partial charge in [-0.2, -0.15) is 0 Å². The molecule has 0 aromatic carbocycles. The molecule has 1 aromatic heterocycles. The Morgan fingerprint density at radius 1 is 1.35 bits per heavy atom. The van der Waals surface area contributed by atoms with Gasteiger partial charge in [0.25, 0.3) is 5.91 Å². The molecule has 1 aliphatic carbocycles. The summed E-state index contributed by atoms with van der Waals surface area (Å²) < 4.78 is 0. The van der Waals surface area contributed by atoms with E-state index < -0.39 is 6.10 Å². The molecule has 20 heavy (non-hydrogen) atoms. The number of anilines is 1. The van der Waals surface area contributed by atoms with E-state index in [1.54, 1.807) is 19.2 Å². The maximum Gasteiger partial charge on any atom is 0.271 e. The summed E-state index contributed by atoms with van der Waals surface area (Å²) in [5.74, 6) is 0.249. The van der Waals surface area contributed by atoms with Crippen molar-refractivity contribution < 1.29 is 9.90 Å². The molecule has 0 spiro atoms. The van der Waals surface area contributed by atoms with Gasteiger partial charge in [0.05, 0.1) is 17.2 Å². The summed E-state index contributed by atoms with van der Waals surface area (Å²) in [5, 5.41) is 16.1. The van der Waals surface area contributed by atoms with Gasteiger partial charge in [0.2, 0.25) is 0 Å². The second-order valence-electron chi connectivity index (χ2n) is 5.06. The summed E-state index contributed by atoms with van der Waals surface area (Å²) in [6.45, 7) is 0. The zero-order chi connectivity index (χ0) is 14.5. The van der Waals surface area contributed by atoms with Gasteiger partial charge in [-0.1, -0.05) is 30.9 Å². The minimum absolute atomic E-state index is 0.190. The average Bonchev–Trinajstić information content (AvgIpc) is 2.64. The van der Waals surface area contributed by atoms with Gasteiger partial charge in [-0.05, 0) is 25.0 Å². The van der Waals surface area contributed by atoms with Crippen LogP contribution in [-0.2, 0) is 0 Å². The normalized spacial score (nSPS) is 22.9. The van der Waals surface area contributed by atoms with Gasteiger partial charge in [0.15, 0.2) is 0 Å². The van der Waals surface area contributed by atoms with Crippen LogP contribution in [-0.4, -0.2) is 35.2 Å². The monoisotopic (exact) mass is 297 g/mol. The summed E-state index contributed by atoms with van der Waals surface area (Å²) >= 11 is 6.02. The molecule has 5 nitrogen and oxygen atoms in total. The first-order chi connectivity index (χ1) is 9.61. The fourth-order valence-electron chi connectivity index (χ4n) is 2.43. The largest absolute Gasteiger partial charge is 0.391 e. The number of pyridine rings is 1. The van der Waals surface area contributed by atoms with Crippen LogP contribution in [0.15, 0.2) is 12.1 Å². The van der Waals surface area contributed by atoms with Crippen LogP contribution >= 0.6 is 11.6 Å². The number of rotatable bonds is 3. The predicted octanol–water partition coefficient (Wildman–Crippen LogP) is 2.20. The zero-order valence-electron chi connectivity index (χ0n) is 11.5. The highest BCUT2D eigenvalue weighted by atomic mass is 35.5. The summed E-state index contributed by atoms with van der Waals surface area (Å²) in [5.41, 5.74) is 0.190. The number of carbonyl (C=O) groups is 1. The molecule has 0 bridgehead atoms. The molecule has 0 saturated heterocycles. The zero-order valence-corrected chi connectivity index (χ0v) is 12.3. The van der Waals surface area contributed by atoms with E-state index in [4.69, 9.17) is 11.6 Å². The Kier molecular flexibility index (Phi) is 5.20. The van der Waals surface area contributed by atoms with E-state index in [2.05, 4.69) is 15.6 Å². The molecule has 1 amide bonds. The number of halogens is 1. The first-order valence-electron chi connectivity index (χ1n) is 6.95. The Labute approximate surface area is 123 Å². The Morgan fingerprint density at radius 2 is 2.10 bits per heavy atom. The molecule has 1 aromatic rings. The van der Waals surface area contributed by atoms with Crippen LogP contribution in [0.5, 0.6) is 0 Å². The summed E-state index contributed by atoms with van der Waals surface area (Å²) in [7, 11) is 1.73. The molecule has 0 aliphatic heterocycles. The van der Waals surface area contributed by atoms with Crippen LogP contribution in [0.2, 0.25) is 5.02 Å². The lowest BCUT2D eigenvalue weighted by molar-refractivity contribution is 0.0814. The van der Waals surface area contributed by atoms with Crippen LogP contribution in [0, 0.1) is 0 Å². The topological polar surface area (TPSA) is 74.2 Å². The highest BCUT2D eigenvalue weighted by molar-refractivity contribution is 6.33. The lowest BCUT2D eigenvalue weighted by Gasteiger charge is -2.21. The summed E-state index contributed by atoms with van der Waals surface area (Å²) in [4.78, 5) is 16.4. The molecular weight excluding hydrogens is 278 g/mol. The van der Waals surface area contributed by atoms with Crippen molar-refractivity contribution in [2.45, 2.75) is 44.2 Å². The number of carbonyl (C=O) groups excluding carboxylic acids is 1. The van der Waals surface area contributed by atoms with Gasteiger partial charge in [0.1, 0.15) is 11.5 Å². The minimum atomic E-state index is -0.493. The first-order valence-corrected chi connectivity index (χ1v) is 7.33. The van der Waals surface area contributed by atoms with Gasteiger partial charge < -0.3 is 15.7 Å². The minimum Gasteiger partial charge on any atom is -0.391 e. The van der Waals surface area contributed by atoms with Crippen LogP contribution < -0.4 is 10.6 Å². The SMILES string of the molecule is CNc1ccc(Cl)c(C(=O)NC2CCCCCC2O)n1. The molecule has 2 unspecified atom stereocenters. The lowest BCUT2D eigenvalue weighted by atomic mass is 10.1. The van der Waals surface area contributed by atoms with Crippen molar-refractivity contribution in [3.63, 3.8) is 0 Å². The van der Waals surface area contributed by atoms with Gasteiger partial charge in [-0.25, -0.2) is 4.98 Å². The highest BCUT2D eigenvalue weighted by Gasteiger charge is 2.25. The molecule has 110 valence electrons. The van der Waals surface area contributed by atoms with Gasteiger partial charge in [-0.3, -0.25) is 4.79 Å². The maximum atomic E-state index is 12.3. The fourth-order valence-corrected chi connectivity index (χ4v) is 2.62. The fraction of sp³-hybridized carbons (Fsp3) is 0.571. The number of hydrogen-bond donors (Lipinski definition) is 3. The van der Waals surface area contributed by atoms with Gasteiger partial charge in [0, 0.05) is 7.05 Å².